The quantitative estimate of drug-likeness (QED) is 0.930. The number of rotatable bonds is 4. The number of carboxylic acids is 1. The molecular weight excluding hydrogens is 290 g/mol. The highest BCUT2D eigenvalue weighted by atomic mass is 35.5. The summed E-state index contributed by atoms with van der Waals surface area (Å²) in [5.74, 6) is -0.961. The Kier molecular flexibility index (Phi) is 3.44. The summed E-state index contributed by atoms with van der Waals surface area (Å²) >= 11 is 5.90. The first-order valence-electron chi connectivity index (χ1n) is 7.22. The van der Waals surface area contributed by atoms with Gasteiger partial charge in [-0.25, -0.2) is 0 Å². The molecule has 1 aliphatic carbocycles. The summed E-state index contributed by atoms with van der Waals surface area (Å²) in [6, 6.07) is 7.47. The molecule has 112 valence electrons. The van der Waals surface area contributed by atoms with Crippen LogP contribution < -0.4 is 0 Å². The molecule has 1 heterocycles. The molecule has 1 saturated heterocycles. The van der Waals surface area contributed by atoms with Gasteiger partial charge in [-0.15, -0.1) is 0 Å². The molecule has 0 aromatic heterocycles. The van der Waals surface area contributed by atoms with E-state index in [1.165, 1.54) is 0 Å². The number of amides is 1. The van der Waals surface area contributed by atoms with Crippen LogP contribution in [0.25, 0.3) is 0 Å². The largest absolute Gasteiger partial charge is 0.481 e. The van der Waals surface area contributed by atoms with E-state index in [4.69, 9.17) is 16.7 Å². The average molecular weight is 308 g/mol. The number of carbonyl (C=O) groups excluding carboxylic acids is 1. The zero-order valence-electron chi connectivity index (χ0n) is 11.9. The molecule has 0 radical (unpaired) electrons. The van der Waals surface area contributed by atoms with Gasteiger partial charge >= 0.3 is 5.97 Å². The highest BCUT2D eigenvalue weighted by Crippen LogP contribution is 2.50. The molecule has 4 nitrogen and oxygen atoms in total. The number of hydrogen-bond acceptors (Lipinski definition) is 2. The molecule has 2 aliphatic rings. The molecule has 21 heavy (non-hydrogen) atoms. The van der Waals surface area contributed by atoms with Crippen molar-refractivity contribution in [2.24, 2.45) is 11.8 Å². The van der Waals surface area contributed by atoms with Crippen LogP contribution in [0.15, 0.2) is 24.3 Å². The topological polar surface area (TPSA) is 57.6 Å². The van der Waals surface area contributed by atoms with Crippen molar-refractivity contribution in [3.8, 4) is 0 Å². The van der Waals surface area contributed by atoms with Gasteiger partial charge in [0.05, 0.1) is 11.3 Å². The molecule has 1 aromatic rings. The molecule has 1 N–H and O–H groups in total. The molecule has 1 amide bonds. The number of nitrogens with zero attached hydrogens (tertiary/aromatic N) is 1. The Hall–Kier alpha value is -1.55. The van der Waals surface area contributed by atoms with E-state index in [0.29, 0.717) is 18.1 Å². The van der Waals surface area contributed by atoms with Gasteiger partial charge in [0.25, 0.3) is 0 Å². The van der Waals surface area contributed by atoms with E-state index in [-0.39, 0.29) is 23.2 Å². The van der Waals surface area contributed by atoms with Crippen molar-refractivity contribution >= 4 is 23.5 Å². The van der Waals surface area contributed by atoms with Crippen molar-refractivity contribution in [1.82, 2.24) is 4.90 Å². The fraction of sp³-hybridized carbons (Fsp3) is 0.500. The third kappa shape index (κ3) is 2.42. The predicted octanol–water partition coefficient (Wildman–Crippen LogP) is 2.55. The minimum atomic E-state index is -0.786. The number of halogens is 1. The first kappa shape index (κ1) is 14.4. The molecule has 1 aliphatic heterocycles. The molecule has 1 aromatic carbocycles. The minimum absolute atomic E-state index is 0.0764. The SMILES string of the molecule is CC(C(=O)O)C1CN(C(=O)C2(c3ccc(Cl)cc3)CC2)C1. The van der Waals surface area contributed by atoms with Crippen molar-refractivity contribution in [1.29, 1.82) is 0 Å². The van der Waals surface area contributed by atoms with E-state index in [9.17, 15) is 9.59 Å². The van der Waals surface area contributed by atoms with E-state index >= 15 is 0 Å². The van der Waals surface area contributed by atoms with Gasteiger partial charge in [0.1, 0.15) is 0 Å². The van der Waals surface area contributed by atoms with Crippen LogP contribution in [0.2, 0.25) is 5.02 Å². The van der Waals surface area contributed by atoms with Crippen molar-refractivity contribution in [2.75, 3.05) is 13.1 Å². The van der Waals surface area contributed by atoms with Crippen LogP contribution in [0.1, 0.15) is 25.3 Å². The molecule has 2 fully saturated rings. The standard InChI is InChI=1S/C16H18ClNO3/c1-10(14(19)20)11-8-18(9-11)15(21)16(6-7-16)12-2-4-13(17)5-3-12/h2-5,10-11H,6-9H2,1H3,(H,19,20). The molecule has 0 spiro atoms. The lowest BCUT2D eigenvalue weighted by molar-refractivity contribution is -0.151. The van der Waals surface area contributed by atoms with Gasteiger partial charge in [-0.1, -0.05) is 30.7 Å². The van der Waals surface area contributed by atoms with Crippen LogP contribution in [0.5, 0.6) is 0 Å². The second-order valence-electron chi connectivity index (χ2n) is 6.19. The Morgan fingerprint density at radius 3 is 2.33 bits per heavy atom. The van der Waals surface area contributed by atoms with Crippen LogP contribution in [-0.2, 0) is 15.0 Å². The van der Waals surface area contributed by atoms with Crippen molar-refractivity contribution in [2.45, 2.75) is 25.2 Å². The van der Waals surface area contributed by atoms with Crippen LogP contribution in [0.4, 0.5) is 0 Å². The van der Waals surface area contributed by atoms with Crippen molar-refractivity contribution in [3.63, 3.8) is 0 Å². The lowest BCUT2D eigenvalue weighted by Crippen LogP contribution is -2.56. The summed E-state index contributed by atoms with van der Waals surface area (Å²) in [4.78, 5) is 25.4. The molecule has 1 atom stereocenters. The maximum Gasteiger partial charge on any atom is 0.306 e. The van der Waals surface area contributed by atoms with Gasteiger partial charge in [-0.2, -0.15) is 0 Å². The Balaban J connectivity index is 1.67. The Labute approximate surface area is 128 Å². The number of carbonyl (C=O) groups is 2. The summed E-state index contributed by atoms with van der Waals surface area (Å²) in [5, 5.41) is 9.67. The van der Waals surface area contributed by atoms with Crippen LogP contribution in [0.3, 0.4) is 0 Å². The number of aliphatic carboxylic acids is 1. The molecule has 0 bridgehead atoms. The Morgan fingerprint density at radius 1 is 1.29 bits per heavy atom. The smallest absolute Gasteiger partial charge is 0.306 e. The fourth-order valence-electron chi connectivity index (χ4n) is 3.02. The lowest BCUT2D eigenvalue weighted by Gasteiger charge is -2.43. The van der Waals surface area contributed by atoms with Gasteiger partial charge in [0.2, 0.25) is 5.91 Å². The highest BCUT2D eigenvalue weighted by Gasteiger charge is 2.55. The minimum Gasteiger partial charge on any atom is -0.481 e. The molecule has 1 unspecified atom stereocenters. The third-order valence-corrected chi connectivity index (χ3v) is 5.10. The zero-order chi connectivity index (χ0) is 15.2. The zero-order valence-corrected chi connectivity index (χ0v) is 12.6. The first-order valence-corrected chi connectivity index (χ1v) is 7.60. The van der Waals surface area contributed by atoms with Crippen LogP contribution in [0, 0.1) is 11.8 Å². The average Bonchev–Trinajstić information content (AvgIpc) is 3.19. The van der Waals surface area contributed by atoms with Gasteiger partial charge in [0.15, 0.2) is 0 Å². The summed E-state index contributed by atoms with van der Waals surface area (Å²) < 4.78 is 0. The maximum atomic E-state index is 12.7. The van der Waals surface area contributed by atoms with Gasteiger partial charge in [-0.05, 0) is 30.5 Å². The monoisotopic (exact) mass is 307 g/mol. The number of hydrogen-bond donors (Lipinski definition) is 1. The summed E-state index contributed by atoms with van der Waals surface area (Å²) in [5.41, 5.74) is 0.633. The predicted molar refractivity (Wildman–Crippen MR) is 79.2 cm³/mol. The number of carboxylic acid groups (broad SMARTS) is 1. The van der Waals surface area contributed by atoms with Gasteiger partial charge < -0.3 is 10.0 Å². The molecule has 5 heteroatoms. The number of likely N-dealkylation sites (tertiary alicyclic amines) is 1. The van der Waals surface area contributed by atoms with Gasteiger partial charge in [0, 0.05) is 24.0 Å². The highest BCUT2D eigenvalue weighted by molar-refractivity contribution is 6.30. The third-order valence-electron chi connectivity index (χ3n) is 4.85. The normalized spacial score (nSPS) is 21.5. The molecule has 1 saturated carbocycles. The second-order valence-corrected chi connectivity index (χ2v) is 6.62. The summed E-state index contributed by atoms with van der Waals surface area (Å²) in [7, 11) is 0. The van der Waals surface area contributed by atoms with Crippen molar-refractivity contribution < 1.29 is 14.7 Å². The Morgan fingerprint density at radius 2 is 1.86 bits per heavy atom. The van der Waals surface area contributed by atoms with Crippen molar-refractivity contribution in [3.05, 3.63) is 34.9 Å². The summed E-state index contributed by atoms with van der Waals surface area (Å²) in [6.07, 6.45) is 1.73. The van der Waals surface area contributed by atoms with E-state index in [0.717, 1.165) is 18.4 Å². The number of benzene rings is 1. The fourth-order valence-corrected chi connectivity index (χ4v) is 3.14. The van der Waals surface area contributed by atoms with E-state index in [1.807, 2.05) is 24.3 Å². The second kappa shape index (κ2) is 5.02. The van der Waals surface area contributed by atoms with Crippen LogP contribution in [-0.4, -0.2) is 35.0 Å². The maximum absolute atomic E-state index is 12.7. The van der Waals surface area contributed by atoms with E-state index in [1.54, 1.807) is 11.8 Å². The van der Waals surface area contributed by atoms with Gasteiger partial charge in [-0.3, -0.25) is 9.59 Å². The molecular formula is C16H18ClNO3. The van der Waals surface area contributed by atoms with E-state index in [2.05, 4.69) is 0 Å². The van der Waals surface area contributed by atoms with Crippen LogP contribution >= 0.6 is 11.6 Å². The molecule has 3 rings (SSSR count). The van der Waals surface area contributed by atoms with E-state index < -0.39 is 5.97 Å². The first-order chi connectivity index (χ1) is 9.94. The Bertz CT molecular complexity index is 574. The lowest BCUT2D eigenvalue weighted by atomic mass is 9.84. The summed E-state index contributed by atoms with van der Waals surface area (Å²) in [6.45, 7) is 2.82.